The maximum absolute atomic E-state index is 12.1. The Bertz CT molecular complexity index is 562. The van der Waals surface area contributed by atoms with Crippen molar-refractivity contribution in [2.24, 2.45) is 0 Å². The van der Waals surface area contributed by atoms with Crippen molar-refractivity contribution < 1.29 is 14.3 Å². The standard InChI is InChI=1S/C19H28N2O3/c1-20(2)18(22)17-8-9-19(24-17)10-12-21(13-11-19)14-15-4-6-16(23-3)7-5-15/h4-7,17H,8-14H2,1-3H3/t17-/m1/s1. The van der Waals surface area contributed by atoms with Gasteiger partial charge in [-0.3, -0.25) is 9.69 Å². The maximum Gasteiger partial charge on any atom is 0.251 e. The van der Waals surface area contributed by atoms with E-state index in [-0.39, 0.29) is 17.6 Å². The predicted octanol–water partition coefficient (Wildman–Crippen LogP) is 2.30. The van der Waals surface area contributed by atoms with Gasteiger partial charge in [0, 0.05) is 33.7 Å². The summed E-state index contributed by atoms with van der Waals surface area (Å²) in [5.74, 6) is 1.000. The van der Waals surface area contributed by atoms with E-state index in [2.05, 4.69) is 17.0 Å². The summed E-state index contributed by atoms with van der Waals surface area (Å²) in [7, 11) is 5.29. The first-order valence-corrected chi connectivity index (χ1v) is 8.76. The lowest BCUT2D eigenvalue weighted by Gasteiger charge is -2.39. The van der Waals surface area contributed by atoms with E-state index in [1.807, 2.05) is 12.1 Å². The molecule has 24 heavy (non-hydrogen) atoms. The lowest BCUT2D eigenvalue weighted by Crippen LogP contribution is -2.45. The first kappa shape index (κ1) is 17.2. The summed E-state index contributed by atoms with van der Waals surface area (Å²) in [5, 5.41) is 0. The number of likely N-dealkylation sites (N-methyl/N-ethyl adjacent to an activating group) is 1. The summed E-state index contributed by atoms with van der Waals surface area (Å²) < 4.78 is 11.4. The number of ether oxygens (including phenoxy) is 2. The van der Waals surface area contributed by atoms with Crippen LogP contribution in [-0.4, -0.2) is 61.7 Å². The zero-order chi connectivity index (χ0) is 17.2. The highest BCUT2D eigenvalue weighted by Crippen LogP contribution is 2.39. The minimum Gasteiger partial charge on any atom is -0.497 e. The molecule has 0 aliphatic carbocycles. The number of rotatable bonds is 4. The molecule has 5 heteroatoms. The average Bonchev–Trinajstić information content (AvgIpc) is 3.01. The number of likely N-dealkylation sites (tertiary alicyclic amines) is 1. The fraction of sp³-hybridized carbons (Fsp3) is 0.632. The molecule has 0 N–H and O–H groups in total. The SMILES string of the molecule is COc1ccc(CN2CCC3(CC[C@H](C(=O)N(C)C)O3)CC2)cc1. The summed E-state index contributed by atoms with van der Waals surface area (Å²) in [4.78, 5) is 16.2. The van der Waals surface area contributed by atoms with Crippen molar-refractivity contribution in [2.75, 3.05) is 34.3 Å². The molecule has 1 aromatic carbocycles. The van der Waals surface area contributed by atoms with E-state index >= 15 is 0 Å². The fourth-order valence-corrected chi connectivity index (χ4v) is 3.75. The molecule has 5 nitrogen and oxygen atoms in total. The van der Waals surface area contributed by atoms with Crippen molar-refractivity contribution in [3.05, 3.63) is 29.8 Å². The number of methoxy groups -OCH3 is 1. The van der Waals surface area contributed by atoms with Gasteiger partial charge in [-0.05, 0) is 43.4 Å². The minimum absolute atomic E-state index is 0.0766. The Morgan fingerprint density at radius 3 is 2.50 bits per heavy atom. The molecule has 0 unspecified atom stereocenters. The van der Waals surface area contributed by atoms with Crippen LogP contribution in [0.15, 0.2) is 24.3 Å². The molecule has 2 heterocycles. The number of benzene rings is 1. The quantitative estimate of drug-likeness (QED) is 0.848. The van der Waals surface area contributed by atoms with Crippen molar-refractivity contribution in [3.8, 4) is 5.75 Å². The lowest BCUT2D eigenvalue weighted by molar-refractivity contribution is -0.148. The van der Waals surface area contributed by atoms with E-state index in [0.29, 0.717) is 0 Å². The predicted molar refractivity (Wildman–Crippen MR) is 93.0 cm³/mol. The molecule has 2 saturated heterocycles. The average molecular weight is 332 g/mol. The van der Waals surface area contributed by atoms with Gasteiger partial charge in [0.1, 0.15) is 11.9 Å². The number of hydrogen-bond donors (Lipinski definition) is 0. The second kappa shape index (κ2) is 7.11. The molecule has 1 aromatic rings. The second-order valence-corrected chi connectivity index (χ2v) is 7.19. The van der Waals surface area contributed by atoms with Crippen LogP contribution in [0.2, 0.25) is 0 Å². The summed E-state index contributed by atoms with van der Waals surface area (Å²) in [6.07, 6.45) is 3.65. The Morgan fingerprint density at radius 2 is 1.92 bits per heavy atom. The number of hydrogen-bond acceptors (Lipinski definition) is 4. The third-order valence-electron chi connectivity index (χ3n) is 5.30. The van der Waals surface area contributed by atoms with E-state index in [1.165, 1.54) is 5.56 Å². The van der Waals surface area contributed by atoms with Crippen LogP contribution in [0.1, 0.15) is 31.2 Å². The van der Waals surface area contributed by atoms with E-state index < -0.39 is 0 Å². The summed E-state index contributed by atoms with van der Waals surface area (Å²) >= 11 is 0. The van der Waals surface area contributed by atoms with Gasteiger partial charge in [0.2, 0.25) is 0 Å². The van der Waals surface area contributed by atoms with Crippen molar-refractivity contribution in [1.29, 1.82) is 0 Å². The van der Waals surface area contributed by atoms with E-state index in [9.17, 15) is 4.79 Å². The molecule has 1 atom stereocenters. The first-order chi connectivity index (χ1) is 11.5. The van der Waals surface area contributed by atoms with Gasteiger partial charge in [-0.1, -0.05) is 12.1 Å². The Labute approximate surface area is 144 Å². The topological polar surface area (TPSA) is 42.0 Å². The molecule has 0 aromatic heterocycles. The van der Waals surface area contributed by atoms with Crippen LogP contribution in [0.5, 0.6) is 5.75 Å². The Kier molecular flexibility index (Phi) is 5.11. The number of carbonyl (C=O) groups excluding carboxylic acids is 1. The number of nitrogens with zero attached hydrogens (tertiary/aromatic N) is 2. The molecule has 2 aliphatic heterocycles. The van der Waals surface area contributed by atoms with Crippen LogP contribution in [0, 0.1) is 0 Å². The second-order valence-electron chi connectivity index (χ2n) is 7.19. The molecule has 0 saturated carbocycles. The van der Waals surface area contributed by atoms with Crippen LogP contribution in [0.25, 0.3) is 0 Å². The summed E-state index contributed by atoms with van der Waals surface area (Å²) in [6.45, 7) is 3.00. The van der Waals surface area contributed by atoms with Gasteiger partial charge >= 0.3 is 0 Å². The van der Waals surface area contributed by atoms with Gasteiger partial charge < -0.3 is 14.4 Å². The van der Waals surface area contributed by atoms with Gasteiger partial charge in [0.05, 0.1) is 12.7 Å². The van der Waals surface area contributed by atoms with Crippen LogP contribution >= 0.6 is 0 Å². The molecular weight excluding hydrogens is 304 g/mol. The number of carbonyl (C=O) groups is 1. The molecule has 0 radical (unpaired) electrons. The van der Waals surface area contributed by atoms with Gasteiger partial charge in [-0.2, -0.15) is 0 Å². The number of piperidine rings is 1. The highest BCUT2D eigenvalue weighted by molar-refractivity contribution is 5.80. The fourth-order valence-electron chi connectivity index (χ4n) is 3.75. The molecule has 1 amide bonds. The van der Waals surface area contributed by atoms with Crippen LogP contribution < -0.4 is 4.74 Å². The highest BCUT2D eigenvalue weighted by Gasteiger charge is 2.44. The van der Waals surface area contributed by atoms with Crippen LogP contribution in [0.3, 0.4) is 0 Å². The Hall–Kier alpha value is -1.59. The molecule has 3 rings (SSSR count). The van der Waals surface area contributed by atoms with E-state index in [4.69, 9.17) is 9.47 Å². The first-order valence-electron chi connectivity index (χ1n) is 8.76. The van der Waals surface area contributed by atoms with Crippen molar-refractivity contribution >= 4 is 5.91 Å². The zero-order valence-corrected chi connectivity index (χ0v) is 15.0. The third-order valence-corrected chi connectivity index (χ3v) is 5.30. The molecule has 2 aliphatic rings. The molecule has 1 spiro atoms. The maximum atomic E-state index is 12.1. The van der Waals surface area contributed by atoms with Crippen molar-refractivity contribution in [1.82, 2.24) is 9.80 Å². The van der Waals surface area contributed by atoms with Gasteiger partial charge in [0.25, 0.3) is 5.91 Å². The monoisotopic (exact) mass is 332 g/mol. The van der Waals surface area contributed by atoms with Crippen LogP contribution in [-0.2, 0) is 16.1 Å². The lowest BCUT2D eigenvalue weighted by atomic mass is 9.88. The largest absolute Gasteiger partial charge is 0.497 e. The van der Waals surface area contributed by atoms with Crippen molar-refractivity contribution in [2.45, 2.75) is 43.9 Å². The Morgan fingerprint density at radius 1 is 1.25 bits per heavy atom. The van der Waals surface area contributed by atoms with Crippen molar-refractivity contribution in [3.63, 3.8) is 0 Å². The van der Waals surface area contributed by atoms with Gasteiger partial charge in [-0.15, -0.1) is 0 Å². The Balaban J connectivity index is 1.51. The zero-order valence-electron chi connectivity index (χ0n) is 15.0. The number of amides is 1. The van der Waals surface area contributed by atoms with E-state index in [1.54, 1.807) is 26.1 Å². The molecule has 0 bridgehead atoms. The van der Waals surface area contributed by atoms with Crippen LogP contribution in [0.4, 0.5) is 0 Å². The summed E-state index contributed by atoms with van der Waals surface area (Å²) in [6, 6.07) is 8.28. The van der Waals surface area contributed by atoms with Gasteiger partial charge in [0.15, 0.2) is 0 Å². The molecular formula is C19H28N2O3. The molecule has 132 valence electrons. The third kappa shape index (κ3) is 3.73. The van der Waals surface area contributed by atoms with Gasteiger partial charge in [-0.25, -0.2) is 0 Å². The van der Waals surface area contributed by atoms with E-state index in [0.717, 1.165) is 51.1 Å². The smallest absolute Gasteiger partial charge is 0.251 e. The highest BCUT2D eigenvalue weighted by atomic mass is 16.5. The molecule has 2 fully saturated rings. The summed E-state index contributed by atoms with van der Waals surface area (Å²) in [5.41, 5.74) is 1.23. The normalized spacial score (nSPS) is 23.4. The minimum atomic E-state index is -0.242.